The molecule has 20 heavy (non-hydrogen) atoms. The van der Waals surface area contributed by atoms with Crippen LogP contribution >= 0.6 is 15.9 Å². The van der Waals surface area contributed by atoms with Crippen molar-refractivity contribution in [1.29, 1.82) is 0 Å². The van der Waals surface area contributed by atoms with Crippen LogP contribution in [0.5, 0.6) is 0 Å². The highest BCUT2D eigenvalue weighted by Gasteiger charge is 2.13. The van der Waals surface area contributed by atoms with E-state index in [-0.39, 0.29) is 18.4 Å². The molecule has 0 aliphatic rings. The molecule has 6 heteroatoms. The topological polar surface area (TPSA) is 84.2 Å². The molecule has 0 heterocycles. The Hall–Kier alpha value is -1.56. The number of carbonyl (C=O) groups is 2. The van der Waals surface area contributed by atoms with E-state index >= 15 is 0 Å². The molecule has 0 aliphatic heterocycles. The minimum absolute atomic E-state index is 0.0442. The van der Waals surface area contributed by atoms with Gasteiger partial charge in [0, 0.05) is 22.3 Å². The van der Waals surface area contributed by atoms with Gasteiger partial charge in [-0.05, 0) is 30.5 Å². The number of anilines is 1. The van der Waals surface area contributed by atoms with Crippen LogP contribution in [-0.4, -0.2) is 24.9 Å². The standard InChI is InChI=1S/C14H20BrN3O2/c1-8(2)6-17-13(19)7-18-14(20)11-4-10(15)5-12(16)9(11)3/h4-5,8H,6-7,16H2,1-3H3,(H,17,19)(H,18,20). The van der Waals surface area contributed by atoms with Crippen LogP contribution in [0.25, 0.3) is 0 Å². The molecule has 1 aromatic rings. The van der Waals surface area contributed by atoms with Gasteiger partial charge in [0.2, 0.25) is 5.91 Å². The van der Waals surface area contributed by atoms with Crippen molar-refractivity contribution in [1.82, 2.24) is 10.6 Å². The lowest BCUT2D eigenvalue weighted by Crippen LogP contribution is -2.38. The maximum absolute atomic E-state index is 12.0. The number of halogens is 1. The minimum Gasteiger partial charge on any atom is -0.398 e. The first-order valence-corrected chi connectivity index (χ1v) is 7.21. The van der Waals surface area contributed by atoms with Gasteiger partial charge in [-0.3, -0.25) is 9.59 Å². The van der Waals surface area contributed by atoms with E-state index in [1.165, 1.54) is 0 Å². The molecule has 0 fully saturated rings. The van der Waals surface area contributed by atoms with Gasteiger partial charge in [0.05, 0.1) is 6.54 Å². The summed E-state index contributed by atoms with van der Waals surface area (Å²) in [7, 11) is 0. The van der Waals surface area contributed by atoms with Gasteiger partial charge >= 0.3 is 0 Å². The number of hydrogen-bond donors (Lipinski definition) is 3. The molecule has 0 aliphatic carbocycles. The molecule has 0 radical (unpaired) electrons. The summed E-state index contributed by atoms with van der Waals surface area (Å²) in [5, 5.41) is 5.33. The molecule has 1 rings (SSSR count). The lowest BCUT2D eigenvalue weighted by Gasteiger charge is -2.11. The smallest absolute Gasteiger partial charge is 0.252 e. The Kier molecular flexibility index (Phi) is 6.01. The summed E-state index contributed by atoms with van der Waals surface area (Å²) in [5.41, 5.74) is 7.51. The van der Waals surface area contributed by atoms with Crippen molar-refractivity contribution >= 4 is 33.4 Å². The quantitative estimate of drug-likeness (QED) is 0.714. The number of nitrogens with two attached hydrogens (primary N) is 1. The molecule has 4 N–H and O–H groups in total. The maximum Gasteiger partial charge on any atom is 0.252 e. The van der Waals surface area contributed by atoms with Crippen molar-refractivity contribution < 1.29 is 9.59 Å². The third-order valence-corrected chi connectivity index (χ3v) is 3.23. The van der Waals surface area contributed by atoms with E-state index in [0.29, 0.717) is 29.3 Å². The van der Waals surface area contributed by atoms with Crippen LogP contribution in [0.2, 0.25) is 0 Å². The lowest BCUT2D eigenvalue weighted by molar-refractivity contribution is -0.120. The number of carbonyl (C=O) groups excluding carboxylic acids is 2. The molecule has 0 aromatic heterocycles. The van der Waals surface area contributed by atoms with Crippen molar-refractivity contribution in [3.63, 3.8) is 0 Å². The molecule has 2 amide bonds. The fourth-order valence-electron chi connectivity index (χ4n) is 1.57. The number of benzene rings is 1. The van der Waals surface area contributed by atoms with Crippen molar-refractivity contribution in [2.75, 3.05) is 18.8 Å². The van der Waals surface area contributed by atoms with E-state index in [4.69, 9.17) is 5.73 Å². The summed E-state index contributed by atoms with van der Waals surface area (Å²) in [6, 6.07) is 3.43. The van der Waals surface area contributed by atoms with Crippen LogP contribution in [0.15, 0.2) is 16.6 Å². The molecule has 0 saturated heterocycles. The molecule has 0 bridgehead atoms. The van der Waals surface area contributed by atoms with Crippen molar-refractivity contribution in [3.8, 4) is 0 Å². The van der Waals surface area contributed by atoms with Gasteiger partial charge in [-0.2, -0.15) is 0 Å². The predicted octanol–water partition coefficient (Wildman–Crippen LogP) is 1.84. The van der Waals surface area contributed by atoms with Gasteiger partial charge in [-0.1, -0.05) is 29.8 Å². The Morgan fingerprint density at radius 3 is 2.55 bits per heavy atom. The van der Waals surface area contributed by atoms with Crippen LogP contribution in [0, 0.1) is 12.8 Å². The molecular weight excluding hydrogens is 322 g/mol. The fourth-order valence-corrected chi connectivity index (χ4v) is 2.05. The first kappa shape index (κ1) is 16.5. The summed E-state index contributed by atoms with van der Waals surface area (Å²) in [5.74, 6) is -0.135. The lowest BCUT2D eigenvalue weighted by atomic mass is 10.1. The van der Waals surface area contributed by atoms with Crippen LogP contribution in [0.3, 0.4) is 0 Å². The largest absolute Gasteiger partial charge is 0.398 e. The maximum atomic E-state index is 12.0. The molecule has 0 unspecified atom stereocenters. The van der Waals surface area contributed by atoms with Gasteiger partial charge in [0.15, 0.2) is 0 Å². The second kappa shape index (κ2) is 7.28. The third kappa shape index (κ3) is 4.85. The second-order valence-electron chi connectivity index (χ2n) is 5.05. The van der Waals surface area contributed by atoms with Crippen molar-refractivity contribution in [2.24, 2.45) is 5.92 Å². The summed E-state index contributed by atoms with van der Waals surface area (Å²) >= 11 is 3.30. The van der Waals surface area contributed by atoms with Gasteiger partial charge < -0.3 is 16.4 Å². The zero-order valence-corrected chi connectivity index (χ0v) is 13.5. The highest BCUT2D eigenvalue weighted by Crippen LogP contribution is 2.22. The molecule has 0 saturated carbocycles. The summed E-state index contributed by atoms with van der Waals surface area (Å²) in [6.07, 6.45) is 0. The number of hydrogen-bond acceptors (Lipinski definition) is 3. The Labute approximate surface area is 127 Å². The van der Waals surface area contributed by atoms with E-state index in [1.807, 2.05) is 13.8 Å². The first-order chi connectivity index (χ1) is 9.31. The van der Waals surface area contributed by atoms with Crippen LogP contribution in [0.1, 0.15) is 29.8 Å². The van der Waals surface area contributed by atoms with E-state index in [2.05, 4.69) is 26.6 Å². The highest BCUT2D eigenvalue weighted by molar-refractivity contribution is 9.10. The SMILES string of the molecule is Cc1c(N)cc(Br)cc1C(=O)NCC(=O)NCC(C)C. The zero-order chi connectivity index (χ0) is 15.3. The molecule has 110 valence electrons. The molecule has 0 spiro atoms. The van der Waals surface area contributed by atoms with Crippen LogP contribution < -0.4 is 16.4 Å². The second-order valence-corrected chi connectivity index (χ2v) is 5.96. The van der Waals surface area contributed by atoms with E-state index in [0.717, 1.165) is 4.47 Å². The Morgan fingerprint density at radius 2 is 1.95 bits per heavy atom. The predicted molar refractivity (Wildman–Crippen MR) is 83.5 cm³/mol. The Morgan fingerprint density at radius 1 is 1.30 bits per heavy atom. The van der Waals surface area contributed by atoms with Gasteiger partial charge in [-0.15, -0.1) is 0 Å². The third-order valence-electron chi connectivity index (χ3n) is 2.77. The molecule has 0 atom stereocenters. The number of nitrogen functional groups attached to an aromatic ring is 1. The summed E-state index contributed by atoms with van der Waals surface area (Å²) in [6.45, 7) is 6.34. The number of amides is 2. The van der Waals surface area contributed by atoms with Gasteiger partial charge in [-0.25, -0.2) is 0 Å². The van der Waals surface area contributed by atoms with E-state index in [9.17, 15) is 9.59 Å². The summed E-state index contributed by atoms with van der Waals surface area (Å²) < 4.78 is 0.731. The molecular formula is C14H20BrN3O2. The number of rotatable bonds is 5. The first-order valence-electron chi connectivity index (χ1n) is 6.41. The Balaban J connectivity index is 2.62. The average Bonchev–Trinajstić information content (AvgIpc) is 2.37. The molecule has 1 aromatic carbocycles. The van der Waals surface area contributed by atoms with Crippen LogP contribution in [0.4, 0.5) is 5.69 Å². The van der Waals surface area contributed by atoms with E-state index < -0.39 is 0 Å². The fraction of sp³-hybridized carbons (Fsp3) is 0.429. The zero-order valence-electron chi connectivity index (χ0n) is 11.9. The minimum atomic E-state index is -0.310. The normalized spacial score (nSPS) is 10.4. The van der Waals surface area contributed by atoms with Crippen LogP contribution in [-0.2, 0) is 4.79 Å². The van der Waals surface area contributed by atoms with E-state index in [1.54, 1.807) is 19.1 Å². The van der Waals surface area contributed by atoms with Crippen molar-refractivity contribution in [3.05, 3.63) is 27.7 Å². The highest BCUT2D eigenvalue weighted by atomic mass is 79.9. The molecule has 5 nitrogen and oxygen atoms in total. The van der Waals surface area contributed by atoms with Gasteiger partial charge in [0.25, 0.3) is 5.91 Å². The monoisotopic (exact) mass is 341 g/mol. The van der Waals surface area contributed by atoms with Gasteiger partial charge in [0.1, 0.15) is 0 Å². The van der Waals surface area contributed by atoms with Crippen molar-refractivity contribution in [2.45, 2.75) is 20.8 Å². The average molecular weight is 342 g/mol. The summed E-state index contributed by atoms with van der Waals surface area (Å²) in [4.78, 5) is 23.6. The number of nitrogens with one attached hydrogen (secondary N) is 2. The Bertz CT molecular complexity index is 515.